The highest BCUT2D eigenvalue weighted by Gasteiger charge is 2.66. The number of hydrogen-bond donors (Lipinski definition) is 0. The molecule has 0 spiro atoms. The Kier molecular flexibility index (Phi) is 8.73. The van der Waals surface area contributed by atoms with Crippen LogP contribution in [0.15, 0.2) is 0 Å². The molecule has 0 amide bonds. The average molecular weight is 359 g/mol. The third-order valence-corrected chi connectivity index (χ3v) is 11.3. The summed E-state index contributed by atoms with van der Waals surface area (Å²) >= 11 is 0. The molecular formula is C10H26O8Si3. The van der Waals surface area contributed by atoms with E-state index in [2.05, 4.69) is 0 Å². The van der Waals surface area contributed by atoms with Crippen LogP contribution >= 0.6 is 0 Å². The zero-order chi connectivity index (χ0) is 15.8. The Labute approximate surface area is 130 Å². The fraction of sp³-hybridized carbons (Fsp3) is 1.00. The molecule has 1 heterocycles. The van der Waals surface area contributed by atoms with Crippen LogP contribution in [-0.4, -0.2) is 60.7 Å². The van der Waals surface area contributed by atoms with Crippen molar-refractivity contribution in [3.8, 4) is 0 Å². The summed E-state index contributed by atoms with van der Waals surface area (Å²) in [6.45, 7) is 11.3. The first-order valence-electron chi connectivity index (χ1n) is 7.32. The summed E-state index contributed by atoms with van der Waals surface area (Å²) in [6, 6.07) is 0. The van der Waals surface area contributed by atoms with Gasteiger partial charge in [-0.3, -0.25) is 0 Å². The van der Waals surface area contributed by atoms with Gasteiger partial charge in [0.25, 0.3) is 0 Å². The average Bonchev–Trinajstić information content (AvgIpc) is 2.39. The Morgan fingerprint density at radius 2 is 1.05 bits per heavy atom. The molecule has 0 saturated carbocycles. The van der Waals surface area contributed by atoms with Crippen molar-refractivity contribution in [1.29, 1.82) is 0 Å². The van der Waals surface area contributed by atoms with E-state index in [1.807, 2.05) is 34.6 Å². The van der Waals surface area contributed by atoms with Gasteiger partial charge in [0.1, 0.15) is 0 Å². The van der Waals surface area contributed by atoms with Crippen LogP contribution in [0.25, 0.3) is 0 Å². The van der Waals surface area contributed by atoms with Crippen molar-refractivity contribution in [2.75, 3.05) is 33.0 Å². The second-order valence-corrected chi connectivity index (χ2v) is 10.6. The van der Waals surface area contributed by atoms with Crippen LogP contribution < -0.4 is 0 Å². The van der Waals surface area contributed by atoms with E-state index in [0.717, 1.165) is 0 Å². The Morgan fingerprint density at radius 3 is 1.33 bits per heavy atom. The Morgan fingerprint density at radius 1 is 0.667 bits per heavy atom. The third kappa shape index (κ3) is 5.47. The smallest absolute Gasteiger partial charge is 0.377 e. The first kappa shape index (κ1) is 19.4. The zero-order valence-corrected chi connectivity index (χ0v) is 16.5. The van der Waals surface area contributed by atoms with E-state index in [4.69, 9.17) is 34.5 Å². The molecule has 1 rings (SSSR count). The van der Waals surface area contributed by atoms with Crippen molar-refractivity contribution < 1.29 is 34.5 Å². The first-order chi connectivity index (χ1) is 10.1. The lowest BCUT2D eigenvalue weighted by Gasteiger charge is -2.41. The van der Waals surface area contributed by atoms with Crippen LogP contribution in [-0.2, 0) is 34.5 Å². The van der Waals surface area contributed by atoms with Crippen molar-refractivity contribution in [3.63, 3.8) is 0 Å². The van der Waals surface area contributed by atoms with E-state index in [-0.39, 0.29) is 0 Å². The second-order valence-electron chi connectivity index (χ2n) is 3.81. The molecule has 0 aromatic rings. The summed E-state index contributed by atoms with van der Waals surface area (Å²) in [5.74, 6) is 0. The minimum atomic E-state index is -3.37. The maximum absolute atomic E-state index is 5.90. The van der Waals surface area contributed by atoms with Crippen LogP contribution in [0.2, 0.25) is 0 Å². The molecule has 21 heavy (non-hydrogen) atoms. The van der Waals surface area contributed by atoms with Crippen LogP contribution in [0.3, 0.4) is 0 Å². The molecule has 1 saturated heterocycles. The molecule has 0 aromatic carbocycles. The predicted octanol–water partition coefficient (Wildman–Crippen LogP) is 0.821. The highest BCUT2D eigenvalue weighted by atomic mass is 28.5. The molecule has 0 unspecified atom stereocenters. The van der Waals surface area contributed by atoms with E-state index >= 15 is 0 Å². The fourth-order valence-corrected chi connectivity index (χ4v) is 11.1. The van der Waals surface area contributed by atoms with E-state index in [0.29, 0.717) is 33.0 Å². The maximum atomic E-state index is 5.90. The molecule has 0 aromatic heterocycles. The monoisotopic (exact) mass is 358 g/mol. The Balaban J connectivity index is 3.01. The molecule has 1 fully saturated rings. The molecule has 0 N–H and O–H groups in total. The van der Waals surface area contributed by atoms with Crippen LogP contribution in [0.4, 0.5) is 0 Å². The van der Waals surface area contributed by atoms with E-state index in [1.165, 1.54) is 0 Å². The maximum Gasteiger partial charge on any atom is 0.666 e. The summed E-state index contributed by atoms with van der Waals surface area (Å²) in [7, 11) is -9.24. The van der Waals surface area contributed by atoms with Gasteiger partial charge < -0.3 is 34.5 Å². The Hall–Kier alpha value is 0.331. The lowest BCUT2D eigenvalue weighted by atomic mass is 10.9. The third-order valence-electron chi connectivity index (χ3n) is 2.32. The van der Waals surface area contributed by atoms with Gasteiger partial charge >= 0.3 is 27.6 Å². The molecular weight excluding hydrogens is 332 g/mol. The number of hydrogen-bond acceptors (Lipinski definition) is 8. The first-order valence-corrected chi connectivity index (χ1v) is 12.0. The lowest BCUT2D eigenvalue weighted by Crippen LogP contribution is -2.70. The van der Waals surface area contributed by atoms with E-state index < -0.39 is 27.6 Å². The Bertz CT molecular complexity index is 259. The summed E-state index contributed by atoms with van der Waals surface area (Å²) in [5.41, 5.74) is 0. The standard InChI is InChI=1S/C10H26O8Si3/c1-6-11-19-16-20(12-7-2,13-8-3)18-21(17-19,14-9-4)15-10-5/h19H,6-10H2,1-5H3. The van der Waals surface area contributed by atoms with Gasteiger partial charge in [-0.2, -0.15) is 0 Å². The molecule has 0 atom stereocenters. The van der Waals surface area contributed by atoms with Gasteiger partial charge in [0.15, 0.2) is 0 Å². The SMILES string of the molecule is CCO[SiH]1O[Si](OCC)(OCC)O[Si](OCC)(OCC)O1. The van der Waals surface area contributed by atoms with Crippen molar-refractivity contribution in [2.45, 2.75) is 34.6 Å². The van der Waals surface area contributed by atoms with Crippen LogP contribution in [0.5, 0.6) is 0 Å². The van der Waals surface area contributed by atoms with Gasteiger partial charge in [-0.05, 0) is 34.6 Å². The molecule has 1 aliphatic heterocycles. The van der Waals surface area contributed by atoms with Crippen molar-refractivity contribution >= 4 is 27.6 Å². The minimum absolute atomic E-state index is 0.391. The molecule has 8 nitrogen and oxygen atoms in total. The van der Waals surface area contributed by atoms with Crippen molar-refractivity contribution in [2.24, 2.45) is 0 Å². The van der Waals surface area contributed by atoms with Gasteiger partial charge in [-0.25, -0.2) is 0 Å². The van der Waals surface area contributed by atoms with Gasteiger partial charge in [0.2, 0.25) is 0 Å². The van der Waals surface area contributed by atoms with Crippen molar-refractivity contribution in [3.05, 3.63) is 0 Å². The van der Waals surface area contributed by atoms with Gasteiger partial charge in [-0.15, -0.1) is 0 Å². The normalized spacial score (nSPS) is 21.6. The van der Waals surface area contributed by atoms with Gasteiger partial charge in [0, 0.05) is 33.0 Å². The molecule has 0 radical (unpaired) electrons. The summed E-state index contributed by atoms with van der Waals surface area (Å²) < 4.78 is 45.6. The minimum Gasteiger partial charge on any atom is -0.377 e. The second kappa shape index (κ2) is 9.47. The van der Waals surface area contributed by atoms with Gasteiger partial charge in [0.05, 0.1) is 0 Å². The van der Waals surface area contributed by atoms with Crippen LogP contribution in [0, 0.1) is 0 Å². The molecule has 0 bridgehead atoms. The highest BCUT2D eigenvalue weighted by molar-refractivity contribution is 6.78. The van der Waals surface area contributed by atoms with Gasteiger partial charge in [-0.1, -0.05) is 0 Å². The number of rotatable bonds is 10. The quantitative estimate of drug-likeness (QED) is 0.532. The topological polar surface area (TPSA) is 73.8 Å². The fourth-order valence-electron chi connectivity index (χ4n) is 1.71. The predicted molar refractivity (Wildman–Crippen MR) is 80.0 cm³/mol. The largest absolute Gasteiger partial charge is 0.666 e. The highest BCUT2D eigenvalue weighted by Crippen LogP contribution is 2.29. The van der Waals surface area contributed by atoms with E-state index in [1.54, 1.807) is 0 Å². The van der Waals surface area contributed by atoms with Crippen molar-refractivity contribution in [1.82, 2.24) is 0 Å². The molecule has 1 aliphatic rings. The molecule has 0 aliphatic carbocycles. The summed E-state index contributed by atoms with van der Waals surface area (Å²) in [4.78, 5) is 0. The lowest BCUT2D eigenvalue weighted by molar-refractivity contribution is -0.0675. The van der Waals surface area contributed by atoms with Crippen LogP contribution in [0.1, 0.15) is 34.6 Å². The summed E-state index contributed by atoms with van der Waals surface area (Å²) in [5, 5.41) is 0. The zero-order valence-electron chi connectivity index (χ0n) is 13.4. The van der Waals surface area contributed by atoms with E-state index in [9.17, 15) is 0 Å². The molecule has 11 heteroatoms. The molecule has 126 valence electrons. The summed E-state index contributed by atoms with van der Waals surface area (Å²) in [6.07, 6.45) is 0.